The molecule has 34 heavy (non-hydrogen) atoms. The molecule has 0 radical (unpaired) electrons. The van der Waals surface area contributed by atoms with E-state index >= 15 is 0 Å². The van der Waals surface area contributed by atoms with Crippen LogP contribution in [0.3, 0.4) is 0 Å². The molecule has 5 atom stereocenters. The van der Waals surface area contributed by atoms with Gasteiger partial charge in [-0.15, -0.1) is 0 Å². The van der Waals surface area contributed by atoms with Crippen molar-refractivity contribution in [3.05, 3.63) is 34.1 Å². The first kappa shape index (κ1) is 22.9. The van der Waals surface area contributed by atoms with Crippen LogP contribution in [0.2, 0.25) is 5.02 Å². The number of aliphatic hydroxyl groups is 1. The van der Waals surface area contributed by atoms with E-state index in [-0.39, 0.29) is 24.9 Å². The molecule has 2 fully saturated rings. The molecule has 1 saturated carbocycles. The van der Waals surface area contributed by atoms with Gasteiger partial charge in [0.05, 0.1) is 29.2 Å². The number of carbonyl (C=O) groups is 1. The number of alkyl halides is 3. The Balaban J connectivity index is 1.57. The molecule has 1 saturated heterocycles. The normalized spacial score (nSPS) is 35.9. The highest BCUT2D eigenvalue weighted by molar-refractivity contribution is 6.31. The average Bonchev–Trinajstić information content (AvgIpc) is 3.13. The van der Waals surface area contributed by atoms with E-state index in [0.717, 1.165) is 0 Å². The molecular formula is C19H19ClF4N6O4. The van der Waals surface area contributed by atoms with Gasteiger partial charge in [0.1, 0.15) is 23.2 Å². The van der Waals surface area contributed by atoms with Crippen molar-refractivity contribution in [3.8, 4) is 0 Å². The maximum atomic E-state index is 14.6. The number of fused-ring (bicyclic) bond motifs is 1. The van der Waals surface area contributed by atoms with Crippen LogP contribution in [0.4, 0.5) is 17.6 Å². The highest BCUT2D eigenvalue weighted by Gasteiger charge is 2.89. The van der Waals surface area contributed by atoms with Crippen LogP contribution in [0.1, 0.15) is 29.3 Å². The van der Waals surface area contributed by atoms with Gasteiger partial charge in [0.25, 0.3) is 0 Å². The third kappa shape index (κ3) is 2.50. The van der Waals surface area contributed by atoms with Crippen LogP contribution in [0.5, 0.6) is 0 Å². The second-order valence-electron chi connectivity index (χ2n) is 8.97. The number of hydrogen-bond donors (Lipinski definition) is 4. The molecule has 5 rings (SSSR count). The lowest BCUT2D eigenvalue weighted by Gasteiger charge is -2.50. The number of rotatable bonds is 3. The summed E-state index contributed by atoms with van der Waals surface area (Å²) in [6, 6.07) is -0.630. The smallest absolute Gasteiger partial charge is 0.417 e. The third-order valence-corrected chi connectivity index (χ3v) is 7.69. The number of benzene rings is 1. The summed E-state index contributed by atoms with van der Waals surface area (Å²) in [4.78, 5) is 22.8. The number of halogens is 5. The molecule has 1 aromatic carbocycles. The maximum absolute atomic E-state index is 14.6. The summed E-state index contributed by atoms with van der Waals surface area (Å²) in [5.74, 6) is -3.55. The van der Waals surface area contributed by atoms with Crippen molar-refractivity contribution in [2.24, 2.45) is 26.9 Å². The van der Waals surface area contributed by atoms with Crippen LogP contribution in [0, 0.1) is 11.2 Å². The van der Waals surface area contributed by atoms with Crippen molar-refractivity contribution >= 4 is 29.5 Å². The van der Waals surface area contributed by atoms with Crippen LogP contribution < -0.4 is 11.5 Å². The largest absolute Gasteiger partial charge is 0.453 e. The quantitative estimate of drug-likeness (QED) is 0.349. The number of hydroxylamine groups is 2. The van der Waals surface area contributed by atoms with Gasteiger partial charge in [0, 0.05) is 6.42 Å². The van der Waals surface area contributed by atoms with Gasteiger partial charge in [-0.2, -0.15) is 18.2 Å². The Morgan fingerprint density at radius 2 is 2.00 bits per heavy atom. The minimum Gasteiger partial charge on any atom is -0.453 e. The number of nitrogens with zero attached hydrogens (tertiary/aromatic N) is 4. The molecule has 1 aromatic rings. The van der Waals surface area contributed by atoms with Gasteiger partial charge in [-0.05, 0) is 12.1 Å². The van der Waals surface area contributed by atoms with Crippen molar-refractivity contribution in [2.45, 2.75) is 42.9 Å². The van der Waals surface area contributed by atoms with E-state index in [9.17, 15) is 32.7 Å². The zero-order chi connectivity index (χ0) is 25.0. The Morgan fingerprint density at radius 1 is 1.32 bits per heavy atom. The summed E-state index contributed by atoms with van der Waals surface area (Å²) >= 11 is 5.64. The number of nitrogens with two attached hydrogens (primary N) is 2. The van der Waals surface area contributed by atoms with Crippen LogP contribution in [-0.4, -0.2) is 74.7 Å². The van der Waals surface area contributed by atoms with Crippen LogP contribution in [-0.2, 0) is 10.9 Å². The van der Waals surface area contributed by atoms with Crippen LogP contribution in [0.15, 0.2) is 22.1 Å². The molecule has 1 aliphatic carbocycles. The molecule has 6 N–H and O–H groups in total. The second kappa shape index (κ2) is 6.64. The number of guanidine groups is 2. The minimum absolute atomic E-state index is 0.0631. The minimum atomic E-state index is -5.05. The predicted octanol–water partition coefficient (Wildman–Crippen LogP) is 0.893. The summed E-state index contributed by atoms with van der Waals surface area (Å²) in [5, 5.41) is 20.7. The van der Waals surface area contributed by atoms with Crippen molar-refractivity contribution < 1.29 is 37.4 Å². The molecule has 0 aromatic heterocycles. The van der Waals surface area contributed by atoms with E-state index in [4.69, 9.17) is 27.8 Å². The van der Waals surface area contributed by atoms with Gasteiger partial charge >= 0.3 is 12.1 Å². The Kier molecular flexibility index (Phi) is 4.48. The summed E-state index contributed by atoms with van der Waals surface area (Å²) in [7, 11) is 0. The lowest BCUT2D eigenvalue weighted by molar-refractivity contribution is -0.181. The number of carbonyl (C=O) groups excluding carboxylic acids is 1. The van der Waals surface area contributed by atoms with Gasteiger partial charge < -0.3 is 26.2 Å². The highest BCUT2D eigenvalue weighted by Crippen LogP contribution is 2.74. The molecule has 3 aliphatic heterocycles. The Morgan fingerprint density at radius 3 is 2.62 bits per heavy atom. The number of aliphatic imine (C=N–C) groups is 2. The lowest BCUT2D eigenvalue weighted by Crippen LogP contribution is -2.72. The van der Waals surface area contributed by atoms with E-state index in [1.165, 1.54) is 4.90 Å². The Labute approximate surface area is 194 Å². The number of piperidine rings is 1. The fourth-order valence-electron chi connectivity index (χ4n) is 5.77. The lowest BCUT2D eigenvalue weighted by atomic mass is 9.80. The van der Waals surface area contributed by atoms with E-state index in [1.54, 1.807) is 6.92 Å². The Hall–Kier alpha value is -2.84. The van der Waals surface area contributed by atoms with Crippen LogP contribution >= 0.6 is 11.6 Å². The molecule has 0 bridgehead atoms. The van der Waals surface area contributed by atoms with E-state index < -0.39 is 69.5 Å². The molecule has 3 heterocycles. The molecule has 10 nitrogen and oxygen atoms in total. The number of ether oxygens (including phenoxy) is 1. The summed E-state index contributed by atoms with van der Waals surface area (Å²) in [6.45, 7) is 0.927. The zero-order valence-electron chi connectivity index (χ0n) is 17.5. The maximum Gasteiger partial charge on any atom is 0.417 e. The summed E-state index contributed by atoms with van der Waals surface area (Å²) < 4.78 is 60.7. The van der Waals surface area contributed by atoms with E-state index in [2.05, 4.69) is 9.98 Å². The van der Waals surface area contributed by atoms with E-state index in [0.29, 0.717) is 17.2 Å². The van der Waals surface area contributed by atoms with Crippen molar-refractivity contribution in [2.75, 3.05) is 13.2 Å². The van der Waals surface area contributed by atoms with Gasteiger partial charge in [-0.3, -0.25) is 5.21 Å². The first-order valence-electron chi connectivity index (χ1n) is 10.1. The highest BCUT2D eigenvalue weighted by atomic mass is 35.5. The summed E-state index contributed by atoms with van der Waals surface area (Å²) in [5.41, 5.74) is 4.85. The molecule has 4 aliphatic rings. The average molecular weight is 507 g/mol. The number of esters is 1. The standard InChI is InChI=1S/C19H19ClF4N6O4/c1-16-5-17(16,34-13(32)10-7(19(22,23)24)2-3-8(20)11(10)21)6-29-14(25)27-9(4-31)12-18(16,29)30(33)15(26)28-12/h2-3,9,12,31,33H,4-6H2,1H3,(H2,25,27)(H2,26,28)/t9?,12?,16?,17-,18?/m0/s1. The zero-order valence-corrected chi connectivity index (χ0v) is 18.2. The predicted molar refractivity (Wildman–Crippen MR) is 108 cm³/mol. The van der Waals surface area contributed by atoms with Crippen molar-refractivity contribution in [3.63, 3.8) is 0 Å². The monoisotopic (exact) mass is 506 g/mol. The molecule has 15 heteroatoms. The van der Waals surface area contributed by atoms with Crippen molar-refractivity contribution in [1.82, 2.24) is 9.96 Å². The van der Waals surface area contributed by atoms with Crippen LogP contribution in [0.25, 0.3) is 0 Å². The van der Waals surface area contributed by atoms with Gasteiger partial charge in [-0.1, -0.05) is 18.5 Å². The van der Waals surface area contributed by atoms with Crippen molar-refractivity contribution in [1.29, 1.82) is 0 Å². The second-order valence-corrected chi connectivity index (χ2v) is 9.38. The number of hydrogen-bond acceptors (Lipinski definition) is 10. The third-order valence-electron chi connectivity index (χ3n) is 7.40. The van der Waals surface area contributed by atoms with Gasteiger partial charge in [0.2, 0.25) is 5.96 Å². The first-order chi connectivity index (χ1) is 15.7. The molecular weight excluding hydrogens is 488 g/mol. The fourth-order valence-corrected chi connectivity index (χ4v) is 5.93. The number of aliphatic hydroxyl groups excluding tert-OH is 1. The molecule has 0 amide bonds. The fraction of sp³-hybridized carbons (Fsp3) is 0.526. The topological polar surface area (TPSA) is 150 Å². The summed E-state index contributed by atoms with van der Waals surface area (Å²) in [6.07, 6.45) is -4.99. The molecule has 1 spiro atoms. The SMILES string of the molecule is CC12C[C@]1(OC(=O)c1c(C(F)(F)F)ccc(Cl)c1F)CN1C(N)=NC(CO)C3N=C(N)N(O)C312. The first-order valence-corrected chi connectivity index (χ1v) is 10.5. The van der Waals surface area contributed by atoms with E-state index in [1.807, 2.05) is 0 Å². The van der Waals surface area contributed by atoms with Gasteiger partial charge in [-0.25, -0.2) is 19.2 Å². The Bertz CT molecular complexity index is 1180. The molecule has 184 valence electrons. The molecule has 4 unspecified atom stereocenters. The van der Waals surface area contributed by atoms with Gasteiger partial charge in [0.15, 0.2) is 17.4 Å².